The molecule has 0 atom stereocenters. The molecule has 0 saturated heterocycles. The highest BCUT2D eigenvalue weighted by atomic mass is 16.5. The second-order valence-corrected chi connectivity index (χ2v) is 5.80. The molecule has 0 radical (unpaired) electrons. The van der Waals surface area contributed by atoms with E-state index in [0.717, 1.165) is 5.56 Å². The second kappa shape index (κ2) is 8.67. The van der Waals surface area contributed by atoms with E-state index in [1.165, 1.54) is 13.2 Å². The molecule has 0 aliphatic rings. The molecule has 5 nitrogen and oxygen atoms in total. The first-order chi connectivity index (χ1) is 13.2. The zero-order chi connectivity index (χ0) is 19.1. The van der Waals surface area contributed by atoms with Gasteiger partial charge in [-0.2, -0.15) is 0 Å². The third-order valence-electron chi connectivity index (χ3n) is 3.92. The molecule has 0 bridgehead atoms. The van der Waals surface area contributed by atoms with Crippen LogP contribution < -0.4 is 10.1 Å². The molecule has 1 amide bonds. The number of ether oxygens (including phenoxy) is 2. The van der Waals surface area contributed by atoms with E-state index in [1.807, 2.05) is 42.5 Å². The van der Waals surface area contributed by atoms with Crippen molar-refractivity contribution in [1.82, 2.24) is 0 Å². The number of anilines is 1. The molecule has 136 valence electrons. The van der Waals surface area contributed by atoms with Crippen molar-refractivity contribution in [1.29, 1.82) is 0 Å². The maximum Gasteiger partial charge on any atom is 0.337 e. The lowest BCUT2D eigenvalue weighted by molar-refractivity contribution is 0.0600. The Morgan fingerprint density at radius 2 is 1.56 bits per heavy atom. The second-order valence-electron chi connectivity index (χ2n) is 5.80. The number of benzene rings is 3. The number of para-hydroxylation sites is 2. The van der Waals surface area contributed by atoms with Gasteiger partial charge in [-0.05, 0) is 35.9 Å². The summed E-state index contributed by atoms with van der Waals surface area (Å²) in [6, 6.07) is 23.4. The van der Waals surface area contributed by atoms with Crippen LogP contribution in [0.2, 0.25) is 0 Å². The van der Waals surface area contributed by atoms with Gasteiger partial charge in [0.05, 0.1) is 18.4 Å². The minimum absolute atomic E-state index is 0.318. The van der Waals surface area contributed by atoms with E-state index in [0.29, 0.717) is 29.2 Å². The summed E-state index contributed by atoms with van der Waals surface area (Å²) in [5.74, 6) is -0.258. The third-order valence-corrected chi connectivity index (χ3v) is 3.92. The van der Waals surface area contributed by atoms with Gasteiger partial charge in [-0.3, -0.25) is 4.79 Å². The highest BCUT2D eigenvalue weighted by Crippen LogP contribution is 2.25. The molecular formula is C22H19NO4. The van der Waals surface area contributed by atoms with Gasteiger partial charge >= 0.3 is 5.97 Å². The summed E-state index contributed by atoms with van der Waals surface area (Å²) >= 11 is 0. The van der Waals surface area contributed by atoms with Crippen molar-refractivity contribution in [2.45, 2.75) is 6.61 Å². The van der Waals surface area contributed by atoms with Crippen molar-refractivity contribution < 1.29 is 19.1 Å². The zero-order valence-electron chi connectivity index (χ0n) is 14.8. The summed E-state index contributed by atoms with van der Waals surface area (Å²) in [6.45, 7) is 0.394. The van der Waals surface area contributed by atoms with E-state index in [4.69, 9.17) is 9.47 Å². The predicted molar refractivity (Wildman–Crippen MR) is 103 cm³/mol. The van der Waals surface area contributed by atoms with Crippen molar-refractivity contribution in [2.24, 2.45) is 0 Å². The molecule has 0 heterocycles. The average Bonchev–Trinajstić information content (AvgIpc) is 2.73. The summed E-state index contributed by atoms with van der Waals surface area (Å²) < 4.78 is 10.5. The molecule has 1 N–H and O–H groups in total. The monoisotopic (exact) mass is 361 g/mol. The van der Waals surface area contributed by atoms with Gasteiger partial charge in [-0.15, -0.1) is 0 Å². The Bertz CT molecular complexity index is 938. The summed E-state index contributed by atoms with van der Waals surface area (Å²) in [7, 11) is 1.30. The summed E-state index contributed by atoms with van der Waals surface area (Å²) in [5.41, 5.74) is 2.26. The normalized spacial score (nSPS) is 10.1. The molecule has 3 aromatic rings. The fourth-order valence-corrected chi connectivity index (χ4v) is 2.53. The van der Waals surface area contributed by atoms with E-state index in [-0.39, 0.29) is 5.91 Å². The van der Waals surface area contributed by atoms with Crippen LogP contribution in [0.25, 0.3) is 0 Å². The SMILES string of the molecule is COC(=O)c1cccc(C(=O)Nc2ccccc2OCc2ccccc2)c1. The number of rotatable bonds is 6. The van der Waals surface area contributed by atoms with Crippen molar-refractivity contribution in [3.05, 3.63) is 95.6 Å². The molecule has 3 aromatic carbocycles. The molecule has 0 fully saturated rings. The molecule has 0 aliphatic heterocycles. The van der Waals surface area contributed by atoms with Crippen molar-refractivity contribution in [3.8, 4) is 5.75 Å². The van der Waals surface area contributed by atoms with E-state index in [1.54, 1.807) is 30.3 Å². The topological polar surface area (TPSA) is 64.6 Å². The molecule has 0 aromatic heterocycles. The molecular weight excluding hydrogens is 342 g/mol. The van der Waals surface area contributed by atoms with Crippen molar-refractivity contribution in [3.63, 3.8) is 0 Å². The Morgan fingerprint density at radius 1 is 0.852 bits per heavy atom. The van der Waals surface area contributed by atoms with Crippen LogP contribution in [-0.2, 0) is 11.3 Å². The standard InChI is InChI=1S/C22H19NO4/c1-26-22(25)18-11-7-10-17(14-18)21(24)23-19-12-5-6-13-20(19)27-15-16-8-3-2-4-9-16/h2-14H,15H2,1H3,(H,23,24). The third kappa shape index (κ3) is 4.73. The smallest absolute Gasteiger partial charge is 0.337 e. The predicted octanol–water partition coefficient (Wildman–Crippen LogP) is 4.30. The van der Waals surface area contributed by atoms with Crippen LogP contribution in [0, 0.1) is 0 Å². The first-order valence-electron chi connectivity index (χ1n) is 8.43. The van der Waals surface area contributed by atoms with Gasteiger partial charge in [0.2, 0.25) is 0 Å². The minimum atomic E-state index is -0.490. The maximum absolute atomic E-state index is 12.6. The Kier molecular flexibility index (Phi) is 5.84. The Balaban J connectivity index is 1.74. The first kappa shape index (κ1) is 18.2. The Labute approximate surface area is 157 Å². The number of methoxy groups -OCH3 is 1. The molecule has 5 heteroatoms. The Hall–Kier alpha value is -3.60. The van der Waals surface area contributed by atoms with Crippen LogP contribution in [0.4, 0.5) is 5.69 Å². The highest BCUT2D eigenvalue weighted by Gasteiger charge is 2.13. The van der Waals surface area contributed by atoms with Crippen LogP contribution in [0.3, 0.4) is 0 Å². The van der Waals surface area contributed by atoms with Crippen LogP contribution in [-0.4, -0.2) is 19.0 Å². The van der Waals surface area contributed by atoms with Crippen molar-refractivity contribution in [2.75, 3.05) is 12.4 Å². The Morgan fingerprint density at radius 3 is 2.33 bits per heavy atom. The quantitative estimate of drug-likeness (QED) is 0.665. The highest BCUT2D eigenvalue weighted by molar-refractivity contribution is 6.06. The largest absolute Gasteiger partial charge is 0.487 e. The molecule has 0 aliphatic carbocycles. The molecule has 27 heavy (non-hydrogen) atoms. The van der Waals surface area contributed by atoms with E-state index < -0.39 is 5.97 Å². The number of hydrogen-bond acceptors (Lipinski definition) is 4. The lowest BCUT2D eigenvalue weighted by atomic mass is 10.1. The van der Waals surface area contributed by atoms with Crippen LogP contribution in [0.1, 0.15) is 26.3 Å². The minimum Gasteiger partial charge on any atom is -0.487 e. The number of nitrogens with one attached hydrogen (secondary N) is 1. The van der Waals surface area contributed by atoms with Gasteiger partial charge in [0.25, 0.3) is 5.91 Å². The van der Waals surface area contributed by atoms with Gasteiger partial charge in [0.1, 0.15) is 12.4 Å². The van der Waals surface area contributed by atoms with Crippen LogP contribution in [0.15, 0.2) is 78.9 Å². The van der Waals surface area contributed by atoms with E-state index in [9.17, 15) is 9.59 Å². The maximum atomic E-state index is 12.6. The molecule has 3 rings (SSSR count). The summed E-state index contributed by atoms with van der Waals surface area (Å²) in [4.78, 5) is 24.2. The number of carbonyl (C=O) groups is 2. The lowest BCUT2D eigenvalue weighted by Crippen LogP contribution is -2.14. The summed E-state index contributed by atoms with van der Waals surface area (Å²) in [5, 5.41) is 2.83. The average molecular weight is 361 g/mol. The number of amides is 1. The van der Waals surface area contributed by atoms with Gasteiger partial charge < -0.3 is 14.8 Å². The van der Waals surface area contributed by atoms with E-state index >= 15 is 0 Å². The van der Waals surface area contributed by atoms with Gasteiger partial charge in [0.15, 0.2) is 0 Å². The molecule has 0 unspecified atom stereocenters. The lowest BCUT2D eigenvalue weighted by Gasteiger charge is -2.13. The zero-order valence-corrected chi connectivity index (χ0v) is 14.8. The van der Waals surface area contributed by atoms with Crippen LogP contribution in [0.5, 0.6) is 5.75 Å². The number of esters is 1. The molecule has 0 saturated carbocycles. The molecule has 0 spiro atoms. The fraction of sp³-hybridized carbons (Fsp3) is 0.0909. The van der Waals surface area contributed by atoms with Crippen molar-refractivity contribution >= 4 is 17.6 Å². The van der Waals surface area contributed by atoms with Crippen LogP contribution >= 0.6 is 0 Å². The fourth-order valence-electron chi connectivity index (χ4n) is 2.53. The van der Waals surface area contributed by atoms with Gasteiger partial charge in [-0.25, -0.2) is 4.79 Å². The number of carbonyl (C=O) groups excluding carboxylic acids is 2. The van der Waals surface area contributed by atoms with Gasteiger partial charge in [0, 0.05) is 5.56 Å². The van der Waals surface area contributed by atoms with Gasteiger partial charge in [-0.1, -0.05) is 48.5 Å². The summed E-state index contributed by atoms with van der Waals surface area (Å²) in [6.07, 6.45) is 0. The first-order valence-corrected chi connectivity index (χ1v) is 8.43. The van der Waals surface area contributed by atoms with E-state index in [2.05, 4.69) is 5.32 Å². The number of hydrogen-bond donors (Lipinski definition) is 1.